The lowest BCUT2D eigenvalue weighted by Crippen LogP contribution is -2.36. The number of hydrogen-bond acceptors (Lipinski definition) is 2. The Hall–Kier alpha value is -2.01. The van der Waals surface area contributed by atoms with Gasteiger partial charge in [-0.05, 0) is 34.1 Å². The molecule has 0 aromatic heterocycles. The van der Waals surface area contributed by atoms with Crippen LogP contribution in [0.5, 0.6) is 0 Å². The average molecular weight is 364 g/mol. The summed E-state index contributed by atoms with van der Waals surface area (Å²) in [6.07, 6.45) is 0.418. The normalized spacial score (nSPS) is 10.8. The Morgan fingerprint density at radius 3 is 2.48 bits per heavy atom. The Kier molecular flexibility index (Phi) is 5.38. The van der Waals surface area contributed by atoms with E-state index in [1.54, 1.807) is 0 Å². The molecule has 0 spiro atoms. The van der Waals surface area contributed by atoms with Crippen molar-refractivity contribution < 1.29 is 27.9 Å². The molecule has 0 fully saturated rings. The molecule has 0 saturated heterocycles. The van der Waals surface area contributed by atoms with Crippen LogP contribution in [-0.4, -0.2) is 35.0 Å². The molecule has 0 saturated carbocycles. The van der Waals surface area contributed by atoms with Crippen LogP contribution in [0.4, 0.5) is 13.2 Å². The number of carboxylic acids is 1. The van der Waals surface area contributed by atoms with Crippen LogP contribution in [-0.2, 0) is 11.0 Å². The zero-order valence-electron chi connectivity index (χ0n) is 10.4. The van der Waals surface area contributed by atoms with Crippen LogP contribution in [0.1, 0.15) is 15.9 Å². The van der Waals surface area contributed by atoms with Crippen molar-refractivity contribution in [1.29, 1.82) is 0 Å². The largest absolute Gasteiger partial charge is 0.480 e. The van der Waals surface area contributed by atoms with E-state index in [1.165, 1.54) is 0 Å². The van der Waals surface area contributed by atoms with Crippen molar-refractivity contribution >= 4 is 27.8 Å². The van der Waals surface area contributed by atoms with Gasteiger partial charge in [0.2, 0.25) is 0 Å². The third-order valence-electron chi connectivity index (χ3n) is 2.42. The molecule has 1 rings (SSSR count). The van der Waals surface area contributed by atoms with Crippen LogP contribution < -0.4 is 0 Å². The Morgan fingerprint density at radius 2 is 2.00 bits per heavy atom. The summed E-state index contributed by atoms with van der Waals surface area (Å²) in [6.45, 7) is -1.03. The van der Waals surface area contributed by atoms with Gasteiger partial charge in [-0.15, -0.1) is 6.42 Å². The van der Waals surface area contributed by atoms with Crippen molar-refractivity contribution in [3.05, 3.63) is 33.8 Å². The highest BCUT2D eigenvalue weighted by Crippen LogP contribution is 2.32. The van der Waals surface area contributed by atoms with Gasteiger partial charge >= 0.3 is 12.1 Å². The molecule has 1 aromatic carbocycles. The molecule has 0 aliphatic heterocycles. The summed E-state index contributed by atoms with van der Waals surface area (Å²) < 4.78 is 38.1. The van der Waals surface area contributed by atoms with Gasteiger partial charge in [0.1, 0.15) is 6.54 Å². The molecular weight excluding hydrogens is 355 g/mol. The maximum absolute atomic E-state index is 12.7. The summed E-state index contributed by atoms with van der Waals surface area (Å²) in [7, 11) is 0. The third-order valence-corrected chi connectivity index (χ3v) is 3.11. The van der Waals surface area contributed by atoms with Gasteiger partial charge < -0.3 is 10.0 Å². The van der Waals surface area contributed by atoms with E-state index in [0.29, 0.717) is 6.07 Å². The smallest absolute Gasteiger partial charge is 0.416 e. The molecule has 1 aromatic rings. The number of carbonyl (C=O) groups is 2. The van der Waals surface area contributed by atoms with Crippen LogP contribution >= 0.6 is 15.9 Å². The van der Waals surface area contributed by atoms with Crippen LogP contribution in [0.2, 0.25) is 0 Å². The van der Waals surface area contributed by atoms with Crippen molar-refractivity contribution in [2.24, 2.45) is 0 Å². The zero-order chi connectivity index (χ0) is 16.2. The maximum atomic E-state index is 12.7. The molecule has 0 heterocycles. The summed E-state index contributed by atoms with van der Waals surface area (Å²) in [5.41, 5.74) is -1.31. The number of alkyl halides is 3. The van der Waals surface area contributed by atoms with Gasteiger partial charge in [0.15, 0.2) is 0 Å². The van der Waals surface area contributed by atoms with E-state index in [9.17, 15) is 22.8 Å². The first-order valence-corrected chi connectivity index (χ1v) is 6.27. The van der Waals surface area contributed by atoms with Crippen LogP contribution in [0.15, 0.2) is 22.7 Å². The molecular formula is C13H9BrF3NO3. The molecule has 21 heavy (non-hydrogen) atoms. The van der Waals surface area contributed by atoms with Gasteiger partial charge in [0.25, 0.3) is 5.91 Å². The first-order valence-electron chi connectivity index (χ1n) is 5.48. The number of amides is 1. The minimum atomic E-state index is -4.61. The lowest BCUT2D eigenvalue weighted by Gasteiger charge is -2.19. The van der Waals surface area contributed by atoms with Gasteiger partial charge in [-0.3, -0.25) is 9.59 Å². The first kappa shape index (κ1) is 17.0. The van der Waals surface area contributed by atoms with Crippen molar-refractivity contribution in [2.75, 3.05) is 13.1 Å². The second-order valence-electron chi connectivity index (χ2n) is 3.95. The molecule has 0 atom stereocenters. The quantitative estimate of drug-likeness (QED) is 0.836. The minimum absolute atomic E-state index is 0.118. The van der Waals surface area contributed by atoms with E-state index in [1.807, 2.05) is 0 Å². The number of carboxylic acid groups (broad SMARTS) is 1. The first-order chi connectivity index (χ1) is 9.66. The van der Waals surface area contributed by atoms with Crippen molar-refractivity contribution in [1.82, 2.24) is 4.90 Å². The molecule has 112 valence electrons. The van der Waals surface area contributed by atoms with E-state index < -0.39 is 30.2 Å². The summed E-state index contributed by atoms with van der Waals surface area (Å²) in [5, 5.41) is 8.71. The Balaban J connectivity index is 3.21. The lowest BCUT2D eigenvalue weighted by molar-refractivity contribution is -0.138. The molecule has 1 N–H and O–H groups in total. The van der Waals surface area contributed by atoms with Crippen molar-refractivity contribution in [2.45, 2.75) is 6.18 Å². The number of hydrogen-bond donors (Lipinski definition) is 1. The highest BCUT2D eigenvalue weighted by Gasteiger charge is 2.32. The summed E-state index contributed by atoms with van der Waals surface area (Å²) in [5.74, 6) is -0.121. The Bertz CT molecular complexity index is 608. The zero-order valence-corrected chi connectivity index (χ0v) is 12.0. The van der Waals surface area contributed by atoms with Crippen LogP contribution in [0, 0.1) is 12.3 Å². The fourth-order valence-electron chi connectivity index (χ4n) is 1.51. The highest BCUT2D eigenvalue weighted by atomic mass is 79.9. The van der Waals surface area contributed by atoms with Gasteiger partial charge in [-0.1, -0.05) is 5.92 Å². The number of nitrogens with zero attached hydrogens (tertiary/aromatic N) is 1. The second kappa shape index (κ2) is 6.63. The highest BCUT2D eigenvalue weighted by molar-refractivity contribution is 9.10. The van der Waals surface area contributed by atoms with E-state index in [2.05, 4.69) is 21.9 Å². The fourth-order valence-corrected chi connectivity index (χ4v) is 1.93. The molecule has 0 aliphatic rings. The molecule has 0 bridgehead atoms. The monoisotopic (exact) mass is 363 g/mol. The number of rotatable bonds is 4. The summed E-state index contributed by atoms with van der Waals surface area (Å²) >= 11 is 2.97. The van der Waals surface area contributed by atoms with Crippen LogP contribution in [0.25, 0.3) is 0 Å². The Labute approximate surface area is 126 Å². The average Bonchev–Trinajstić information content (AvgIpc) is 2.36. The van der Waals surface area contributed by atoms with Gasteiger partial charge in [0.05, 0.1) is 17.7 Å². The second-order valence-corrected chi connectivity index (χ2v) is 4.81. The number of aliphatic carboxylic acids is 1. The lowest BCUT2D eigenvalue weighted by atomic mass is 10.1. The van der Waals surface area contributed by atoms with Gasteiger partial charge in [0, 0.05) is 4.47 Å². The number of carbonyl (C=O) groups excluding carboxylic acids is 1. The summed E-state index contributed by atoms with van der Waals surface area (Å²) in [4.78, 5) is 23.6. The van der Waals surface area contributed by atoms with E-state index >= 15 is 0 Å². The minimum Gasteiger partial charge on any atom is -0.480 e. The predicted molar refractivity (Wildman–Crippen MR) is 71.5 cm³/mol. The molecule has 4 nitrogen and oxygen atoms in total. The molecule has 1 amide bonds. The molecule has 8 heteroatoms. The molecule has 0 unspecified atom stereocenters. The van der Waals surface area contributed by atoms with E-state index in [0.717, 1.165) is 17.0 Å². The standard InChI is InChI=1S/C13H9BrF3NO3/c1-2-5-18(7-11(19)20)12(21)9-6-8(13(15,16)17)3-4-10(9)14/h1,3-4,6H,5,7H2,(H,19,20). The number of terminal acetylenes is 1. The number of halogens is 4. The SMILES string of the molecule is C#CCN(CC(=O)O)C(=O)c1cc(C(F)(F)F)ccc1Br. The predicted octanol–water partition coefficient (Wildman–Crippen LogP) is 2.63. The van der Waals surface area contributed by atoms with Gasteiger partial charge in [-0.25, -0.2) is 0 Å². The number of benzene rings is 1. The van der Waals surface area contributed by atoms with E-state index in [4.69, 9.17) is 11.5 Å². The summed E-state index contributed by atoms with van der Waals surface area (Å²) in [6, 6.07) is 2.53. The third kappa shape index (κ3) is 4.49. The van der Waals surface area contributed by atoms with E-state index in [-0.39, 0.29) is 16.6 Å². The Morgan fingerprint density at radius 1 is 1.38 bits per heavy atom. The van der Waals surface area contributed by atoms with Gasteiger partial charge in [-0.2, -0.15) is 13.2 Å². The maximum Gasteiger partial charge on any atom is 0.416 e. The van der Waals surface area contributed by atoms with Crippen LogP contribution in [0.3, 0.4) is 0 Å². The van der Waals surface area contributed by atoms with Crippen molar-refractivity contribution in [3.63, 3.8) is 0 Å². The molecule has 0 aliphatic carbocycles. The topological polar surface area (TPSA) is 57.6 Å². The fraction of sp³-hybridized carbons (Fsp3) is 0.231. The van der Waals surface area contributed by atoms with Crippen molar-refractivity contribution in [3.8, 4) is 12.3 Å². The molecule has 0 radical (unpaired) electrons.